The van der Waals surface area contributed by atoms with Crippen LogP contribution in [-0.2, 0) is 11.2 Å². The number of hydrogen-bond acceptors (Lipinski definition) is 3. The van der Waals surface area contributed by atoms with E-state index in [0.29, 0.717) is 6.04 Å². The lowest BCUT2D eigenvalue weighted by Gasteiger charge is -2.29. The third kappa shape index (κ3) is 5.89. The van der Waals surface area contributed by atoms with Gasteiger partial charge in [0.05, 0.1) is 10.6 Å². The largest absolute Gasteiger partial charge is 0.379 e. The van der Waals surface area contributed by atoms with Gasteiger partial charge in [-0.25, -0.2) is 0 Å². The Kier molecular flexibility index (Phi) is 6.76. The zero-order valence-electron chi connectivity index (χ0n) is 12.4. The number of pyridine rings is 1. The van der Waals surface area contributed by atoms with E-state index in [4.69, 9.17) is 16.3 Å². The summed E-state index contributed by atoms with van der Waals surface area (Å²) in [5.41, 5.74) is 1.00. The summed E-state index contributed by atoms with van der Waals surface area (Å²) in [6.07, 6.45) is 6.46. The molecule has 3 nitrogen and oxygen atoms in total. The predicted octanol–water partition coefficient (Wildman–Crippen LogP) is 3.46. The first kappa shape index (κ1) is 16.4. The summed E-state index contributed by atoms with van der Waals surface area (Å²) in [7, 11) is 1.76. The maximum Gasteiger partial charge on any atom is 0.0637 e. The van der Waals surface area contributed by atoms with Crippen molar-refractivity contribution in [2.24, 2.45) is 0 Å². The molecule has 1 atom stereocenters. The molecule has 1 heterocycles. The summed E-state index contributed by atoms with van der Waals surface area (Å²) in [4.78, 5) is 4.03. The Labute approximate surface area is 121 Å². The Morgan fingerprint density at radius 1 is 1.47 bits per heavy atom. The number of ether oxygens (including phenoxy) is 1. The van der Waals surface area contributed by atoms with Gasteiger partial charge in [0.25, 0.3) is 0 Å². The number of rotatable bonds is 8. The van der Waals surface area contributed by atoms with Crippen LogP contribution in [0.2, 0.25) is 5.02 Å². The number of nitrogens with one attached hydrogen (secondary N) is 1. The molecule has 0 amide bonds. The van der Waals surface area contributed by atoms with Crippen molar-refractivity contribution in [1.82, 2.24) is 10.3 Å². The molecule has 0 fully saturated rings. The van der Waals surface area contributed by atoms with Crippen LogP contribution in [0.3, 0.4) is 0 Å². The Balaban J connectivity index is 2.71. The van der Waals surface area contributed by atoms with Crippen molar-refractivity contribution in [2.75, 3.05) is 13.7 Å². The zero-order chi connectivity index (χ0) is 14.3. The van der Waals surface area contributed by atoms with Gasteiger partial charge in [-0.05, 0) is 51.3 Å². The van der Waals surface area contributed by atoms with Crippen LogP contribution in [0.4, 0.5) is 0 Å². The number of halogens is 1. The molecule has 19 heavy (non-hydrogen) atoms. The lowest BCUT2D eigenvalue weighted by Crippen LogP contribution is -2.39. The third-order valence-corrected chi connectivity index (χ3v) is 3.64. The second kappa shape index (κ2) is 7.83. The first-order chi connectivity index (χ1) is 8.98. The lowest BCUT2D eigenvalue weighted by atomic mass is 9.94. The van der Waals surface area contributed by atoms with Crippen molar-refractivity contribution in [2.45, 2.75) is 51.7 Å². The summed E-state index contributed by atoms with van der Waals surface area (Å²) in [6.45, 7) is 7.40. The Hall–Kier alpha value is -0.640. The predicted molar refractivity (Wildman–Crippen MR) is 80.7 cm³/mol. The van der Waals surface area contributed by atoms with Crippen LogP contribution >= 0.6 is 11.6 Å². The Bertz CT molecular complexity index is 382. The van der Waals surface area contributed by atoms with Crippen molar-refractivity contribution in [3.8, 4) is 0 Å². The second-order valence-corrected chi connectivity index (χ2v) is 5.90. The van der Waals surface area contributed by atoms with Gasteiger partial charge in [-0.2, -0.15) is 0 Å². The van der Waals surface area contributed by atoms with Gasteiger partial charge in [-0.3, -0.25) is 4.98 Å². The summed E-state index contributed by atoms with van der Waals surface area (Å²) in [5.74, 6) is 0. The maximum atomic E-state index is 6.19. The van der Waals surface area contributed by atoms with Crippen LogP contribution in [0.15, 0.2) is 18.5 Å². The third-order valence-electron chi connectivity index (χ3n) is 3.30. The highest BCUT2D eigenvalue weighted by Crippen LogP contribution is 2.21. The van der Waals surface area contributed by atoms with Crippen molar-refractivity contribution in [3.63, 3.8) is 0 Å². The molecular weight excluding hydrogens is 260 g/mol. The van der Waals surface area contributed by atoms with E-state index in [1.54, 1.807) is 19.5 Å². The van der Waals surface area contributed by atoms with E-state index >= 15 is 0 Å². The molecule has 1 aromatic heterocycles. The monoisotopic (exact) mass is 284 g/mol. The molecule has 0 aliphatic rings. The molecule has 1 unspecified atom stereocenters. The molecular formula is C15H25ClN2O. The highest BCUT2D eigenvalue weighted by atomic mass is 35.5. The van der Waals surface area contributed by atoms with Crippen molar-refractivity contribution >= 4 is 11.6 Å². The molecule has 1 N–H and O–H groups in total. The van der Waals surface area contributed by atoms with E-state index in [1.807, 2.05) is 6.07 Å². The van der Waals surface area contributed by atoms with Crippen LogP contribution in [0.1, 0.15) is 39.2 Å². The van der Waals surface area contributed by atoms with Crippen molar-refractivity contribution in [1.29, 1.82) is 0 Å². The number of methoxy groups -OCH3 is 1. The van der Waals surface area contributed by atoms with E-state index in [9.17, 15) is 0 Å². The normalized spacial score (nSPS) is 13.5. The van der Waals surface area contributed by atoms with E-state index in [2.05, 4.69) is 31.1 Å². The fraction of sp³-hybridized carbons (Fsp3) is 0.667. The van der Waals surface area contributed by atoms with E-state index < -0.39 is 0 Å². The molecule has 0 bridgehead atoms. The summed E-state index contributed by atoms with van der Waals surface area (Å²) >= 11 is 6.19. The lowest BCUT2D eigenvalue weighted by molar-refractivity contribution is 0.00714. The number of aromatic nitrogens is 1. The van der Waals surface area contributed by atoms with Gasteiger partial charge in [0.15, 0.2) is 0 Å². The smallest absolute Gasteiger partial charge is 0.0637 e. The molecule has 0 spiro atoms. The summed E-state index contributed by atoms with van der Waals surface area (Å²) in [5, 5.41) is 4.31. The highest BCUT2D eigenvalue weighted by Gasteiger charge is 2.23. The molecule has 1 rings (SSSR count). The standard InChI is InChI=1S/C15H25ClN2O/c1-5-7-18-13(10-15(2,3)19-4)9-12-6-8-17-11-14(12)16/h6,8,11,13,18H,5,7,9-10H2,1-4H3. The minimum Gasteiger partial charge on any atom is -0.379 e. The SMILES string of the molecule is CCCNC(Cc1ccncc1Cl)CC(C)(C)OC. The Morgan fingerprint density at radius 2 is 2.21 bits per heavy atom. The molecule has 0 aliphatic heterocycles. The topological polar surface area (TPSA) is 34.2 Å². The molecule has 108 valence electrons. The molecule has 0 aliphatic carbocycles. The molecule has 0 saturated carbocycles. The van der Waals surface area contributed by atoms with Crippen LogP contribution in [-0.4, -0.2) is 30.3 Å². The fourth-order valence-electron chi connectivity index (χ4n) is 2.08. The van der Waals surface area contributed by atoms with Gasteiger partial charge >= 0.3 is 0 Å². The van der Waals surface area contributed by atoms with Gasteiger partial charge in [-0.15, -0.1) is 0 Å². The van der Waals surface area contributed by atoms with Gasteiger partial charge in [-0.1, -0.05) is 18.5 Å². The second-order valence-electron chi connectivity index (χ2n) is 5.49. The maximum absolute atomic E-state index is 6.19. The summed E-state index contributed by atoms with van der Waals surface area (Å²) in [6, 6.07) is 2.35. The van der Waals surface area contributed by atoms with Crippen LogP contribution in [0.25, 0.3) is 0 Å². The first-order valence-corrected chi connectivity index (χ1v) is 7.23. The van der Waals surface area contributed by atoms with Crippen LogP contribution < -0.4 is 5.32 Å². The van der Waals surface area contributed by atoms with E-state index in [0.717, 1.165) is 36.4 Å². The minimum absolute atomic E-state index is 0.134. The van der Waals surface area contributed by atoms with Gasteiger partial charge in [0.2, 0.25) is 0 Å². The molecule has 0 aromatic carbocycles. The first-order valence-electron chi connectivity index (χ1n) is 6.85. The van der Waals surface area contributed by atoms with Gasteiger partial charge in [0, 0.05) is 25.5 Å². The van der Waals surface area contributed by atoms with Gasteiger partial charge in [0.1, 0.15) is 0 Å². The molecule has 1 aromatic rings. The summed E-state index contributed by atoms with van der Waals surface area (Å²) < 4.78 is 5.53. The zero-order valence-corrected chi connectivity index (χ0v) is 13.1. The van der Waals surface area contributed by atoms with E-state index in [1.165, 1.54) is 0 Å². The fourth-order valence-corrected chi connectivity index (χ4v) is 2.27. The Morgan fingerprint density at radius 3 is 2.79 bits per heavy atom. The number of nitrogens with zero attached hydrogens (tertiary/aromatic N) is 1. The van der Waals surface area contributed by atoms with Crippen molar-refractivity contribution < 1.29 is 4.74 Å². The molecule has 0 radical (unpaired) electrons. The average molecular weight is 285 g/mol. The van der Waals surface area contributed by atoms with Crippen LogP contribution in [0.5, 0.6) is 0 Å². The average Bonchev–Trinajstić information content (AvgIpc) is 2.38. The quantitative estimate of drug-likeness (QED) is 0.794. The van der Waals surface area contributed by atoms with Gasteiger partial charge < -0.3 is 10.1 Å². The number of hydrogen-bond donors (Lipinski definition) is 1. The molecule has 0 saturated heterocycles. The van der Waals surface area contributed by atoms with E-state index in [-0.39, 0.29) is 5.60 Å². The van der Waals surface area contributed by atoms with Crippen molar-refractivity contribution in [3.05, 3.63) is 29.0 Å². The highest BCUT2D eigenvalue weighted by molar-refractivity contribution is 6.31. The molecule has 4 heteroatoms. The van der Waals surface area contributed by atoms with Crippen LogP contribution in [0, 0.1) is 0 Å². The minimum atomic E-state index is -0.134.